The van der Waals surface area contributed by atoms with Crippen LogP contribution in [0.2, 0.25) is 0 Å². The topological polar surface area (TPSA) is 117 Å². The monoisotopic (exact) mass is 429 g/mol. The lowest BCUT2D eigenvalue weighted by Gasteiger charge is -2.28. The molecule has 11 heteroatoms. The molecular formula is C19H28FN3O7. The summed E-state index contributed by atoms with van der Waals surface area (Å²) < 4.78 is 32.8. The number of esters is 1. The molecule has 0 radical (unpaired) electrons. The first-order valence-electron chi connectivity index (χ1n) is 9.19. The number of aromatic nitrogens is 2. The molecule has 0 aliphatic heterocycles. The van der Waals surface area contributed by atoms with Crippen LogP contribution < -0.4 is 9.64 Å². The number of hydrogen-bond acceptors (Lipinski definition) is 9. The fourth-order valence-corrected chi connectivity index (χ4v) is 1.92. The van der Waals surface area contributed by atoms with Crippen LogP contribution in [-0.4, -0.2) is 59.7 Å². The highest BCUT2D eigenvalue weighted by atomic mass is 19.1. The Hall–Kier alpha value is -2.98. The second-order valence-corrected chi connectivity index (χ2v) is 8.06. The van der Waals surface area contributed by atoms with Crippen LogP contribution in [0.1, 0.15) is 58.5 Å². The number of methoxy groups -OCH3 is 1. The highest BCUT2D eigenvalue weighted by Gasteiger charge is 2.37. The van der Waals surface area contributed by atoms with Gasteiger partial charge in [0.15, 0.2) is 11.5 Å². The SMILES string of the molecule is COC(=O)c1ncc(OCCCF)nc1N(C(=O)OC(C)(C)C)C(=O)OC(C)(C)C. The van der Waals surface area contributed by atoms with E-state index in [0.29, 0.717) is 4.90 Å². The van der Waals surface area contributed by atoms with E-state index >= 15 is 0 Å². The van der Waals surface area contributed by atoms with Gasteiger partial charge in [0.2, 0.25) is 5.88 Å². The molecule has 0 saturated heterocycles. The fourth-order valence-electron chi connectivity index (χ4n) is 1.92. The third-order valence-electron chi connectivity index (χ3n) is 3.00. The van der Waals surface area contributed by atoms with Crippen molar-refractivity contribution < 1.29 is 37.7 Å². The average Bonchev–Trinajstić information content (AvgIpc) is 2.58. The Labute approximate surface area is 174 Å². The molecule has 1 rings (SSSR count). The number of carbonyl (C=O) groups is 3. The summed E-state index contributed by atoms with van der Waals surface area (Å²) in [6, 6.07) is 0. The van der Waals surface area contributed by atoms with Crippen LogP contribution in [0, 0.1) is 0 Å². The summed E-state index contributed by atoms with van der Waals surface area (Å²) in [6.45, 7) is 8.96. The molecule has 0 aromatic carbocycles. The van der Waals surface area contributed by atoms with E-state index in [0.717, 1.165) is 13.3 Å². The molecule has 0 saturated carbocycles. The number of rotatable bonds is 6. The molecule has 2 amide bonds. The fraction of sp³-hybridized carbons (Fsp3) is 0.632. The Kier molecular flexibility index (Phi) is 8.49. The molecule has 0 N–H and O–H groups in total. The molecule has 0 fully saturated rings. The zero-order chi connectivity index (χ0) is 23.1. The van der Waals surface area contributed by atoms with E-state index in [2.05, 4.69) is 14.7 Å². The molecule has 0 unspecified atom stereocenters. The van der Waals surface area contributed by atoms with Gasteiger partial charge in [-0.15, -0.1) is 0 Å². The van der Waals surface area contributed by atoms with Gasteiger partial charge in [-0.05, 0) is 41.5 Å². The lowest BCUT2D eigenvalue weighted by Crippen LogP contribution is -2.45. The molecule has 1 aromatic heterocycles. The number of imide groups is 1. The van der Waals surface area contributed by atoms with Gasteiger partial charge in [-0.1, -0.05) is 0 Å². The standard InChI is InChI=1S/C19H28FN3O7/c1-18(2,3)29-16(25)23(17(26)30-19(4,5)6)14-13(15(24)27-7)21-11-12(22-14)28-10-8-9-20/h11H,8-10H2,1-7H3. The second kappa shape index (κ2) is 10.2. The highest BCUT2D eigenvalue weighted by molar-refractivity contribution is 6.12. The number of anilines is 1. The van der Waals surface area contributed by atoms with Crippen molar-refractivity contribution in [3.05, 3.63) is 11.9 Å². The zero-order valence-electron chi connectivity index (χ0n) is 18.3. The summed E-state index contributed by atoms with van der Waals surface area (Å²) in [4.78, 5) is 46.2. The largest absolute Gasteiger partial charge is 0.476 e. The first-order valence-corrected chi connectivity index (χ1v) is 9.19. The Morgan fingerprint density at radius 3 is 2.00 bits per heavy atom. The molecule has 0 atom stereocenters. The molecule has 0 aliphatic rings. The maximum Gasteiger partial charge on any atom is 0.425 e. The molecule has 1 heterocycles. The van der Waals surface area contributed by atoms with Crippen molar-refractivity contribution in [3.63, 3.8) is 0 Å². The van der Waals surface area contributed by atoms with E-state index in [1.165, 1.54) is 0 Å². The number of nitrogens with zero attached hydrogens (tertiary/aromatic N) is 3. The Morgan fingerprint density at radius 1 is 1.03 bits per heavy atom. The minimum Gasteiger partial charge on any atom is -0.476 e. The van der Waals surface area contributed by atoms with Crippen LogP contribution in [0.15, 0.2) is 6.20 Å². The van der Waals surface area contributed by atoms with Crippen LogP contribution in [0.3, 0.4) is 0 Å². The number of halogens is 1. The predicted octanol–water partition coefficient (Wildman–Crippen LogP) is 3.68. The third-order valence-corrected chi connectivity index (χ3v) is 3.00. The molecular weight excluding hydrogens is 401 g/mol. The first-order chi connectivity index (χ1) is 13.8. The number of alkyl halides is 1. The normalized spacial score (nSPS) is 11.5. The van der Waals surface area contributed by atoms with Crippen molar-refractivity contribution in [2.24, 2.45) is 0 Å². The molecule has 0 aliphatic carbocycles. The predicted molar refractivity (Wildman–Crippen MR) is 104 cm³/mol. The summed E-state index contributed by atoms with van der Waals surface area (Å²) in [5.41, 5.74) is -2.37. The van der Waals surface area contributed by atoms with Crippen molar-refractivity contribution in [1.29, 1.82) is 0 Å². The Morgan fingerprint density at radius 2 is 1.57 bits per heavy atom. The van der Waals surface area contributed by atoms with Gasteiger partial charge in [0.05, 0.1) is 26.6 Å². The van der Waals surface area contributed by atoms with E-state index in [-0.39, 0.29) is 18.9 Å². The van der Waals surface area contributed by atoms with Crippen molar-refractivity contribution in [3.8, 4) is 5.88 Å². The van der Waals surface area contributed by atoms with Crippen molar-refractivity contribution in [2.45, 2.75) is 59.2 Å². The van der Waals surface area contributed by atoms with E-state index < -0.39 is 47.5 Å². The van der Waals surface area contributed by atoms with E-state index in [1.54, 1.807) is 41.5 Å². The van der Waals surface area contributed by atoms with Gasteiger partial charge in [-0.25, -0.2) is 19.4 Å². The Balaban J connectivity index is 3.52. The van der Waals surface area contributed by atoms with Gasteiger partial charge < -0.3 is 18.9 Å². The smallest absolute Gasteiger partial charge is 0.425 e. The van der Waals surface area contributed by atoms with Gasteiger partial charge in [-0.2, -0.15) is 9.88 Å². The lowest BCUT2D eigenvalue weighted by atomic mass is 10.2. The van der Waals surface area contributed by atoms with Crippen LogP contribution in [0.25, 0.3) is 0 Å². The van der Waals surface area contributed by atoms with E-state index in [9.17, 15) is 18.8 Å². The summed E-state index contributed by atoms with van der Waals surface area (Å²) >= 11 is 0. The van der Waals surface area contributed by atoms with E-state index in [4.69, 9.17) is 14.2 Å². The highest BCUT2D eigenvalue weighted by Crippen LogP contribution is 2.25. The lowest BCUT2D eigenvalue weighted by molar-refractivity contribution is 0.0428. The zero-order valence-corrected chi connectivity index (χ0v) is 18.3. The average molecular weight is 429 g/mol. The van der Waals surface area contributed by atoms with Crippen LogP contribution in [-0.2, 0) is 14.2 Å². The molecule has 0 bridgehead atoms. The van der Waals surface area contributed by atoms with Gasteiger partial charge >= 0.3 is 18.2 Å². The summed E-state index contributed by atoms with van der Waals surface area (Å²) in [7, 11) is 1.10. The van der Waals surface area contributed by atoms with Gasteiger partial charge in [0.1, 0.15) is 11.2 Å². The summed E-state index contributed by atoms with van der Waals surface area (Å²) in [5, 5.41) is 0. The maximum atomic E-state index is 12.8. The molecule has 168 valence electrons. The van der Waals surface area contributed by atoms with Crippen LogP contribution in [0.5, 0.6) is 5.88 Å². The van der Waals surface area contributed by atoms with Crippen molar-refractivity contribution >= 4 is 24.0 Å². The summed E-state index contributed by atoms with van der Waals surface area (Å²) in [5.74, 6) is -1.59. The minimum atomic E-state index is -1.14. The maximum absolute atomic E-state index is 12.8. The van der Waals surface area contributed by atoms with Crippen LogP contribution >= 0.6 is 0 Å². The molecule has 1 aromatic rings. The van der Waals surface area contributed by atoms with Gasteiger partial charge in [0.25, 0.3) is 0 Å². The van der Waals surface area contributed by atoms with Crippen LogP contribution in [0.4, 0.5) is 19.8 Å². The molecule has 0 spiro atoms. The van der Waals surface area contributed by atoms with E-state index in [1.807, 2.05) is 0 Å². The number of ether oxygens (including phenoxy) is 4. The Bertz CT molecular complexity index is 744. The molecule has 30 heavy (non-hydrogen) atoms. The number of hydrogen-bond donors (Lipinski definition) is 0. The van der Waals surface area contributed by atoms with Crippen molar-refractivity contribution in [1.82, 2.24) is 9.97 Å². The second-order valence-electron chi connectivity index (χ2n) is 8.06. The summed E-state index contributed by atoms with van der Waals surface area (Å²) in [6.07, 6.45) is -1.09. The minimum absolute atomic E-state index is 0.0267. The number of carbonyl (C=O) groups excluding carboxylic acids is 3. The quantitative estimate of drug-likeness (QED) is 0.379. The van der Waals surface area contributed by atoms with Crippen molar-refractivity contribution in [2.75, 3.05) is 25.3 Å². The van der Waals surface area contributed by atoms with Gasteiger partial charge in [-0.3, -0.25) is 4.39 Å². The first kappa shape index (κ1) is 25.1. The van der Waals surface area contributed by atoms with Gasteiger partial charge in [0, 0.05) is 6.42 Å². The molecule has 10 nitrogen and oxygen atoms in total. The third kappa shape index (κ3) is 7.80. The number of amides is 2.